The largest absolute Gasteiger partial charge is 0.478 e. The minimum Gasteiger partial charge on any atom is -0.478 e. The van der Waals surface area contributed by atoms with Crippen molar-refractivity contribution in [3.05, 3.63) is 70.1 Å². The second kappa shape index (κ2) is 7.46. The molecule has 0 atom stereocenters. The Kier molecular flexibility index (Phi) is 5.11. The zero-order valence-corrected chi connectivity index (χ0v) is 14.8. The van der Waals surface area contributed by atoms with Gasteiger partial charge in [0, 0.05) is 28.6 Å². The van der Waals surface area contributed by atoms with Gasteiger partial charge in [-0.05, 0) is 18.2 Å². The molecule has 0 amide bonds. The fourth-order valence-electron chi connectivity index (χ4n) is 2.20. The predicted molar refractivity (Wildman–Crippen MR) is 102 cm³/mol. The molecule has 0 saturated heterocycles. The van der Waals surface area contributed by atoms with E-state index in [4.69, 9.17) is 11.6 Å². The van der Waals surface area contributed by atoms with E-state index in [1.165, 1.54) is 17.6 Å². The fourth-order valence-corrected chi connectivity index (χ4v) is 3.14. The highest BCUT2D eigenvalue weighted by atomic mass is 35.5. The first-order valence-corrected chi connectivity index (χ1v) is 8.62. The maximum atomic E-state index is 11.2. The van der Waals surface area contributed by atoms with Crippen molar-refractivity contribution >= 4 is 40.3 Å². The predicted octanol–water partition coefficient (Wildman–Crippen LogP) is 4.63. The third kappa shape index (κ3) is 4.04. The van der Waals surface area contributed by atoms with Gasteiger partial charge in [-0.1, -0.05) is 41.9 Å². The molecule has 2 aromatic carbocycles. The molecule has 0 unspecified atom stereocenters. The molecule has 0 bridgehead atoms. The Balaban J connectivity index is 1.81. The van der Waals surface area contributed by atoms with E-state index in [9.17, 15) is 9.90 Å². The number of nitrogens with zero attached hydrogens (tertiary/aromatic N) is 3. The first-order valence-electron chi connectivity index (χ1n) is 7.36. The van der Waals surface area contributed by atoms with Crippen LogP contribution >= 0.6 is 22.9 Å². The van der Waals surface area contributed by atoms with E-state index in [0.29, 0.717) is 15.7 Å². The van der Waals surface area contributed by atoms with Crippen LogP contribution in [-0.2, 0) is 0 Å². The molecule has 0 fully saturated rings. The lowest BCUT2D eigenvalue weighted by Gasteiger charge is -2.08. The van der Waals surface area contributed by atoms with Crippen molar-refractivity contribution in [2.45, 2.75) is 0 Å². The summed E-state index contributed by atoms with van der Waals surface area (Å²) in [7, 11) is 1.76. The Morgan fingerprint density at radius 3 is 2.84 bits per heavy atom. The van der Waals surface area contributed by atoms with Gasteiger partial charge >= 0.3 is 5.97 Å². The van der Waals surface area contributed by atoms with Crippen LogP contribution in [0.25, 0.3) is 11.3 Å². The minimum atomic E-state index is -0.984. The number of hydrogen-bond donors (Lipinski definition) is 1. The van der Waals surface area contributed by atoms with Crippen LogP contribution in [0.1, 0.15) is 15.9 Å². The molecular formula is C18H14ClN3O2S. The summed E-state index contributed by atoms with van der Waals surface area (Å²) in [5, 5.41) is 18.4. The van der Waals surface area contributed by atoms with E-state index in [1.54, 1.807) is 36.3 Å². The van der Waals surface area contributed by atoms with Crippen molar-refractivity contribution in [3.63, 3.8) is 0 Å². The van der Waals surface area contributed by atoms with Crippen LogP contribution in [0.3, 0.4) is 0 Å². The number of carboxylic acids is 1. The Morgan fingerprint density at radius 1 is 1.28 bits per heavy atom. The number of benzene rings is 2. The smallest absolute Gasteiger partial charge is 0.336 e. The van der Waals surface area contributed by atoms with Crippen molar-refractivity contribution in [1.82, 2.24) is 4.98 Å². The second-order valence-electron chi connectivity index (χ2n) is 5.19. The molecule has 7 heteroatoms. The second-order valence-corrected chi connectivity index (χ2v) is 6.46. The third-order valence-electron chi connectivity index (χ3n) is 3.45. The highest BCUT2D eigenvalue weighted by Gasteiger charge is 2.10. The monoisotopic (exact) mass is 371 g/mol. The number of hydrogen-bond acceptors (Lipinski definition) is 5. The zero-order valence-electron chi connectivity index (χ0n) is 13.3. The van der Waals surface area contributed by atoms with Crippen molar-refractivity contribution in [2.24, 2.45) is 5.10 Å². The summed E-state index contributed by atoms with van der Waals surface area (Å²) in [6.45, 7) is 0. The van der Waals surface area contributed by atoms with Crippen LogP contribution in [0.5, 0.6) is 0 Å². The Morgan fingerprint density at radius 2 is 2.08 bits per heavy atom. The van der Waals surface area contributed by atoms with Gasteiger partial charge in [-0.15, -0.1) is 11.3 Å². The number of aromatic nitrogens is 1. The van der Waals surface area contributed by atoms with Gasteiger partial charge in [-0.25, -0.2) is 14.8 Å². The molecule has 1 aromatic heterocycles. The van der Waals surface area contributed by atoms with Crippen molar-refractivity contribution < 1.29 is 9.90 Å². The molecule has 5 nitrogen and oxygen atoms in total. The van der Waals surface area contributed by atoms with Gasteiger partial charge in [0.15, 0.2) is 0 Å². The van der Waals surface area contributed by atoms with Crippen molar-refractivity contribution in [3.8, 4) is 11.3 Å². The number of aromatic carboxylic acids is 1. The first kappa shape index (κ1) is 17.1. The molecule has 1 N–H and O–H groups in total. The highest BCUT2D eigenvalue weighted by molar-refractivity contribution is 7.14. The van der Waals surface area contributed by atoms with Gasteiger partial charge in [0.25, 0.3) is 0 Å². The summed E-state index contributed by atoms with van der Waals surface area (Å²) in [5.74, 6) is -0.984. The Bertz CT molecular complexity index is 939. The molecule has 0 radical (unpaired) electrons. The van der Waals surface area contributed by atoms with Gasteiger partial charge in [-0.2, -0.15) is 5.10 Å². The van der Waals surface area contributed by atoms with Crippen LogP contribution in [0.15, 0.2) is 59.0 Å². The summed E-state index contributed by atoms with van der Waals surface area (Å²) in [6.07, 6.45) is 1.52. The van der Waals surface area contributed by atoms with Crippen molar-refractivity contribution in [1.29, 1.82) is 0 Å². The zero-order chi connectivity index (χ0) is 17.8. The average Bonchev–Trinajstić information content (AvgIpc) is 3.10. The maximum Gasteiger partial charge on any atom is 0.336 e. The number of halogens is 1. The third-order valence-corrected chi connectivity index (χ3v) is 4.59. The van der Waals surface area contributed by atoms with E-state index in [2.05, 4.69) is 10.1 Å². The van der Waals surface area contributed by atoms with Gasteiger partial charge in [-0.3, -0.25) is 0 Å². The number of carboxylic acid groups (broad SMARTS) is 1. The molecule has 0 saturated carbocycles. The van der Waals surface area contributed by atoms with Crippen LogP contribution in [0.4, 0.5) is 5.13 Å². The Hall–Kier alpha value is -2.70. The number of carbonyl (C=O) groups is 1. The summed E-state index contributed by atoms with van der Waals surface area (Å²) >= 11 is 7.46. The fraction of sp³-hybridized carbons (Fsp3) is 0.0556. The molecule has 3 aromatic rings. The molecule has 126 valence electrons. The SMILES string of the molecule is CN(N=Cc1ccccc1C(=O)O)c1nc(-c2cccc(Cl)c2)cs1. The van der Waals surface area contributed by atoms with Gasteiger partial charge in [0.2, 0.25) is 5.13 Å². The molecule has 0 aliphatic heterocycles. The van der Waals surface area contributed by atoms with Gasteiger partial charge in [0.05, 0.1) is 17.5 Å². The van der Waals surface area contributed by atoms with Crippen LogP contribution < -0.4 is 5.01 Å². The number of rotatable bonds is 5. The van der Waals surface area contributed by atoms with Gasteiger partial charge in [0.1, 0.15) is 0 Å². The summed E-state index contributed by atoms with van der Waals surface area (Å²) in [5.41, 5.74) is 2.49. The lowest BCUT2D eigenvalue weighted by molar-refractivity contribution is 0.0697. The summed E-state index contributed by atoms with van der Waals surface area (Å²) in [6, 6.07) is 14.2. The Labute approximate surface area is 153 Å². The molecule has 25 heavy (non-hydrogen) atoms. The average molecular weight is 372 g/mol. The minimum absolute atomic E-state index is 0.207. The molecule has 0 spiro atoms. The summed E-state index contributed by atoms with van der Waals surface area (Å²) in [4.78, 5) is 15.8. The van der Waals surface area contributed by atoms with E-state index in [1.807, 2.05) is 29.6 Å². The topological polar surface area (TPSA) is 65.8 Å². The first-order chi connectivity index (χ1) is 12.0. The normalized spacial score (nSPS) is 11.0. The van der Waals surface area contributed by atoms with Crippen LogP contribution in [0.2, 0.25) is 5.02 Å². The lowest BCUT2D eigenvalue weighted by Crippen LogP contribution is -2.09. The number of thiazole rings is 1. The lowest BCUT2D eigenvalue weighted by atomic mass is 10.1. The standard InChI is InChI=1S/C18H14ClN3O2S/c1-22(20-10-13-5-2-3-8-15(13)17(23)24)18-21-16(11-25-18)12-6-4-7-14(19)9-12/h2-11H,1H3,(H,23,24). The van der Waals surface area contributed by atoms with E-state index in [0.717, 1.165) is 11.3 Å². The molecule has 1 heterocycles. The molecule has 3 rings (SSSR count). The van der Waals surface area contributed by atoms with Crippen molar-refractivity contribution in [2.75, 3.05) is 12.1 Å². The highest BCUT2D eigenvalue weighted by Crippen LogP contribution is 2.28. The molecule has 0 aliphatic carbocycles. The maximum absolute atomic E-state index is 11.2. The van der Waals surface area contributed by atoms with Crippen LogP contribution in [0, 0.1) is 0 Å². The van der Waals surface area contributed by atoms with Crippen LogP contribution in [-0.4, -0.2) is 29.3 Å². The summed E-state index contributed by atoms with van der Waals surface area (Å²) < 4.78 is 0. The molecular weight excluding hydrogens is 358 g/mol. The number of anilines is 1. The molecule has 0 aliphatic rings. The van der Waals surface area contributed by atoms with E-state index in [-0.39, 0.29) is 5.56 Å². The van der Waals surface area contributed by atoms with E-state index < -0.39 is 5.97 Å². The quantitative estimate of drug-likeness (QED) is 0.524. The number of hydrazone groups is 1. The van der Waals surface area contributed by atoms with E-state index >= 15 is 0 Å². The van der Waals surface area contributed by atoms with Gasteiger partial charge < -0.3 is 5.11 Å².